The first-order valence-electron chi connectivity index (χ1n) is 8.12. The summed E-state index contributed by atoms with van der Waals surface area (Å²) in [5.74, 6) is 0.348. The molecule has 0 spiro atoms. The van der Waals surface area contributed by atoms with Crippen LogP contribution in [0.25, 0.3) is 17.4 Å². The Balaban J connectivity index is 1.59. The summed E-state index contributed by atoms with van der Waals surface area (Å²) in [7, 11) is 0. The number of rotatable bonds is 7. The van der Waals surface area contributed by atoms with Crippen LogP contribution in [0.15, 0.2) is 46.9 Å². The molecule has 2 aromatic heterocycles. The quantitative estimate of drug-likeness (QED) is 0.477. The number of tetrazole rings is 1. The lowest BCUT2D eigenvalue weighted by molar-refractivity contribution is -0.139. The van der Waals surface area contributed by atoms with Crippen molar-refractivity contribution in [3.8, 4) is 11.3 Å². The van der Waals surface area contributed by atoms with E-state index >= 15 is 0 Å². The van der Waals surface area contributed by atoms with E-state index in [1.165, 1.54) is 18.2 Å². The predicted octanol–water partition coefficient (Wildman–Crippen LogP) is 3.24. The highest BCUT2D eigenvalue weighted by atomic mass is 19.1. The SMILES string of the molecule is CCCn1nnnc1COC(=O)/C=C/c1ccc(-c2ccccc2F)o1. The summed E-state index contributed by atoms with van der Waals surface area (Å²) in [4.78, 5) is 11.8. The van der Waals surface area contributed by atoms with E-state index in [4.69, 9.17) is 9.15 Å². The van der Waals surface area contributed by atoms with Gasteiger partial charge in [-0.1, -0.05) is 19.1 Å². The van der Waals surface area contributed by atoms with Crippen LogP contribution in [0.1, 0.15) is 24.9 Å². The maximum absolute atomic E-state index is 13.8. The smallest absolute Gasteiger partial charge is 0.331 e. The van der Waals surface area contributed by atoms with Crippen molar-refractivity contribution < 1.29 is 18.3 Å². The van der Waals surface area contributed by atoms with Crippen molar-refractivity contribution >= 4 is 12.0 Å². The predicted molar refractivity (Wildman–Crippen MR) is 91.0 cm³/mol. The standard InChI is InChI=1S/C18H17FN4O3/c1-2-11-23-17(20-21-22-23)12-25-18(24)10-8-13-7-9-16(26-13)14-5-3-4-6-15(14)19/h3-10H,2,11-12H2,1H3/b10-8+. The zero-order chi connectivity index (χ0) is 18.4. The summed E-state index contributed by atoms with van der Waals surface area (Å²) < 4.78 is 26.0. The topological polar surface area (TPSA) is 83.0 Å². The number of halogens is 1. The first-order chi connectivity index (χ1) is 12.7. The highest BCUT2D eigenvalue weighted by Gasteiger charge is 2.09. The van der Waals surface area contributed by atoms with Gasteiger partial charge >= 0.3 is 5.97 Å². The zero-order valence-corrected chi connectivity index (χ0v) is 14.1. The number of aryl methyl sites for hydroxylation is 1. The van der Waals surface area contributed by atoms with E-state index in [0.29, 0.717) is 29.5 Å². The second-order valence-electron chi connectivity index (χ2n) is 5.44. The molecule has 0 aliphatic carbocycles. The van der Waals surface area contributed by atoms with Gasteiger partial charge in [-0.2, -0.15) is 0 Å². The normalized spacial score (nSPS) is 11.2. The van der Waals surface area contributed by atoms with Gasteiger partial charge in [0.05, 0.1) is 5.56 Å². The molecular weight excluding hydrogens is 339 g/mol. The Morgan fingerprint density at radius 2 is 2.15 bits per heavy atom. The summed E-state index contributed by atoms with van der Waals surface area (Å²) in [6.45, 7) is 2.63. The molecule has 0 N–H and O–H groups in total. The van der Waals surface area contributed by atoms with Crippen LogP contribution in [-0.2, 0) is 22.7 Å². The number of aromatic nitrogens is 4. The average Bonchev–Trinajstić information content (AvgIpc) is 3.28. The fourth-order valence-electron chi connectivity index (χ4n) is 2.29. The van der Waals surface area contributed by atoms with Crippen LogP contribution in [0.4, 0.5) is 4.39 Å². The number of hydrogen-bond acceptors (Lipinski definition) is 6. The Morgan fingerprint density at radius 3 is 2.96 bits per heavy atom. The Labute approximate surface area is 149 Å². The zero-order valence-electron chi connectivity index (χ0n) is 14.1. The van der Waals surface area contributed by atoms with E-state index in [1.54, 1.807) is 35.0 Å². The lowest BCUT2D eigenvalue weighted by Crippen LogP contribution is -2.09. The van der Waals surface area contributed by atoms with Gasteiger partial charge < -0.3 is 9.15 Å². The third kappa shape index (κ3) is 4.21. The molecule has 3 rings (SSSR count). The van der Waals surface area contributed by atoms with Crippen molar-refractivity contribution in [3.05, 3.63) is 59.9 Å². The summed E-state index contributed by atoms with van der Waals surface area (Å²) in [6, 6.07) is 9.60. The number of benzene rings is 1. The van der Waals surface area contributed by atoms with E-state index in [-0.39, 0.29) is 12.4 Å². The highest BCUT2D eigenvalue weighted by molar-refractivity contribution is 5.86. The minimum Gasteiger partial charge on any atom is -0.457 e. The molecule has 0 amide bonds. The molecule has 0 unspecified atom stereocenters. The van der Waals surface area contributed by atoms with Crippen LogP contribution < -0.4 is 0 Å². The highest BCUT2D eigenvalue weighted by Crippen LogP contribution is 2.25. The lowest BCUT2D eigenvalue weighted by atomic mass is 10.1. The van der Waals surface area contributed by atoms with Crippen molar-refractivity contribution in [2.24, 2.45) is 0 Å². The van der Waals surface area contributed by atoms with E-state index in [1.807, 2.05) is 6.92 Å². The number of carbonyl (C=O) groups excluding carboxylic acids is 1. The Hall–Kier alpha value is -3.29. The van der Waals surface area contributed by atoms with Crippen molar-refractivity contribution in [1.29, 1.82) is 0 Å². The largest absolute Gasteiger partial charge is 0.457 e. The third-order valence-corrected chi connectivity index (χ3v) is 3.53. The number of ether oxygens (including phenoxy) is 1. The van der Waals surface area contributed by atoms with Crippen molar-refractivity contribution in [3.63, 3.8) is 0 Å². The van der Waals surface area contributed by atoms with Gasteiger partial charge in [-0.25, -0.2) is 13.9 Å². The van der Waals surface area contributed by atoms with Gasteiger partial charge in [-0.05, 0) is 47.2 Å². The monoisotopic (exact) mass is 356 g/mol. The molecule has 26 heavy (non-hydrogen) atoms. The Kier molecular flexibility index (Phi) is 5.52. The molecule has 0 saturated carbocycles. The second kappa shape index (κ2) is 8.19. The first-order valence-corrected chi connectivity index (χ1v) is 8.12. The molecule has 0 aliphatic rings. The van der Waals surface area contributed by atoms with Crippen LogP contribution in [-0.4, -0.2) is 26.2 Å². The van der Waals surface area contributed by atoms with Crippen molar-refractivity contribution in [1.82, 2.24) is 20.2 Å². The van der Waals surface area contributed by atoms with Crippen LogP contribution >= 0.6 is 0 Å². The Bertz CT molecular complexity index is 917. The minimum absolute atomic E-state index is 0.0190. The molecule has 0 aliphatic heterocycles. The van der Waals surface area contributed by atoms with Gasteiger partial charge in [-0.3, -0.25) is 0 Å². The van der Waals surface area contributed by atoms with E-state index < -0.39 is 5.97 Å². The summed E-state index contributed by atoms with van der Waals surface area (Å²) >= 11 is 0. The lowest BCUT2D eigenvalue weighted by Gasteiger charge is -2.02. The molecule has 0 atom stereocenters. The fraction of sp³-hybridized carbons (Fsp3) is 0.222. The summed E-state index contributed by atoms with van der Waals surface area (Å²) in [5.41, 5.74) is 0.359. The molecule has 2 heterocycles. The van der Waals surface area contributed by atoms with Gasteiger partial charge in [-0.15, -0.1) is 5.10 Å². The van der Waals surface area contributed by atoms with Gasteiger partial charge in [0.2, 0.25) is 0 Å². The maximum atomic E-state index is 13.8. The number of hydrogen-bond donors (Lipinski definition) is 0. The van der Waals surface area contributed by atoms with E-state index in [9.17, 15) is 9.18 Å². The summed E-state index contributed by atoms with van der Waals surface area (Å²) in [6.07, 6.45) is 3.56. The molecular formula is C18H17FN4O3. The fourth-order valence-corrected chi connectivity index (χ4v) is 2.29. The van der Waals surface area contributed by atoms with Crippen molar-refractivity contribution in [2.75, 3.05) is 0 Å². The minimum atomic E-state index is -0.556. The van der Waals surface area contributed by atoms with E-state index in [0.717, 1.165) is 6.42 Å². The third-order valence-electron chi connectivity index (χ3n) is 3.53. The van der Waals surface area contributed by atoms with Crippen molar-refractivity contribution in [2.45, 2.75) is 26.5 Å². The second-order valence-corrected chi connectivity index (χ2v) is 5.44. The molecule has 0 fully saturated rings. The Morgan fingerprint density at radius 1 is 1.31 bits per heavy atom. The van der Waals surface area contributed by atoms with Gasteiger partial charge in [0, 0.05) is 12.6 Å². The average molecular weight is 356 g/mol. The molecule has 3 aromatic rings. The van der Waals surface area contributed by atoms with Gasteiger partial charge in [0.1, 0.15) is 17.3 Å². The molecule has 134 valence electrons. The number of carbonyl (C=O) groups is 1. The van der Waals surface area contributed by atoms with Gasteiger partial charge in [0.25, 0.3) is 0 Å². The summed E-state index contributed by atoms with van der Waals surface area (Å²) in [5, 5.41) is 11.2. The number of nitrogens with zero attached hydrogens (tertiary/aromatic N) is 4. The number of furan rings is 1. The van der Waals surface area contributed by atoms with E-state index in [2.05, 4.69) is 15.5 Å². The number of esters is 1. The van der Waals surface area contributed by atoms with Gasteiger partial charge in [0.15, 0.2) is 12.4 Å². The molecule has 0 radical (unpaired) electrons. The van der Waals surface area contributed by atoms with Crippen LogP contribution in [0, 0.1) is 5.82 Å². The van der Waals surface area contributed by atoms with Crippen LogP contribution in [0.3, 0.4) is 0 Å². The maximum Gasteiger partial charge on any atom is 0.331 e. The van der Waals surface area contributed by atoms with Crippen LogP contribution in [0.2, 0.25) is 0 Å². The molecule has 7 nitrogen and oxygen atoms in total. The molecule has 0 bridgehead atoms. The molecule has 8 heteroatoms. The molecule has 1 aromatic carbocycles. The first kappa shape index (κ1) is 17.5. The molecule has 0 saturated heterocycles. The van der Waals surface area contributed by atoms with Crippen LogP contribution in [0.5, 0.6) is 0 Å².